The minimum atomic E-state index is -0.224. The molecule has 1 saturated carbocycles. The van der Waals surface area contributed by atoms with Gasteiger partial charge < -0.3 is 4.90 Å². The van der Waals surface area contributed by atoms with Crippen molar-refractivity contribution in [3.8, 4) is 44.5 Å². The zero-order valence-electron chi connectivity index (χ0n) is 43.6. The lowest BCUT2D eigenvalue weighted by molar-refractivity contribution is 0.302. The van der Waals surface area contributed by atoms with Crippen LogP contribution in [0.4, 0.5) is 17.1 Å². The monoisotopic (exact) mass is 942 g/mol. The van der Waals surface area contributed by atoms with Crippen molar-refractivity contribution in [2.75, 3.05) is 4.90 Å². The van der Waals surface area contributed by atoms with Gasteiger partial charge in [-0.2, -0.15) is 0 Å². The van der Waals surface area contributed by atoms with E-state index in [1.54, 1.807) is 0 Å². The van der Waals surface area contributed by atoms with Gasteiger partial charge in [0.15, 0.2) is 0 Å². The van der Waals surface area contributed by atoms with E-state index < -0.39 is 0 Å². The summed E-state index contributed by atoms with van der Waals surface area (Å²) in [6.07, 6.45) is 6.44. The van der Waals surface area contributed by atoms with Crippen molar-refractivity contribution in [1.82, 2.24) is 0 Å². The molecule has 0 N–H and O–H groups in total. The molecule has 0 atom stereocenters. The van der Waals surface area contributed by atoms with E-state index in [9.17, 15) is 0 Å². The van der Waals surface area contributed by atoms with Gasteiger partial charge in [-0.3, -0.25) is 0 Å². The van der Waals surface area contributed by atoms with Crippen LogP contribution in [0.2, 0.25) is 0 Å². The summed E-state index contributed by atoms with van der Waals surface area (Å²) < 4.78 is 0. The van der Waals surface area contributed by atoms with Gasteiger partial charge in [0.25, 0.3) is 0 Å². The largest absolute Gasteiger partial charge is 0.310 e. The molecule has 8 aromatic rings. The highest BCUT2D eigenvalue weighted by molar-refractivity contribution is 8.00. The molecule has 1 nitrogen and oxygen atoms in total. The summed E-state index contributed by atoms with van der Waals surface area (Å²) in [6.45, 7) is 24.2. The Morgan fingerprint density at radius 3 is 1.55 bits per heavy atom. The van der Waals surface area contributed by atoms with E-state index in [1.807, 2.05) is 11.8 Å². The third kappa shape index (κ3) is 7.67. The van der Waals surface area contributed by atoms with E-state index in [0.29, 0.717) is 5.92 Å². The Morgan fingerprint density at radius 2 is 1.00 bits per heavy atom. The summed E-state index contributed by atoms with van der Waals surface area (Å²) in [6, 6.07) is 64.7. The summed E-state index contributed by atoms with van der Waals surface area (Å²) in [4.78, 5) is 5.49. The number of hydrogen-bond acceptors (Lipinski definition) is 2. The molecule has 0 unspecified atom stereocenters. The molecule has 4 aliphatic rings. The number of hydrogen-bond donors (Lipinski definition) is 0. The van der Waals surface area contributed by atoms with Crippen LogP contribution in [0.3, 0.4) is 0 Å². The van der Waals surface area contributed by atoms with Gasteiger partial charge in [0.2, 0.25) is 6.71 Å². The summed E-state index contributed by atoms with van der Waals surface area (Å²) >= 11 is 2.01. The number of fused-ring (bicyclic) bond motifs is 8. The topological polar surface area (TPSA) is 3.24 Å². The second-order valence-corrected chi connectivity index (χ2v) is 25.5. The highest BCUT2D eigenvalue weighted by atomic mass is 32.2. The number of rotatable bonds is 4. The maximum atomic E-state index is 2.72. The highest BCUT2D eigenvalue weighted by Crippen LogP contribution is 2.52. The first-order chi connectivity index (χ1) is 34.0. The molecule has 0 radical (unpaired) electrons. The van der Waals surface area contributed by atoms with Crippen molar-refractivity contribution >= 4 is 51.9 Å². The first kappa shape index (κ1) is 46.1. The molecule has 354 valence electrons. The van der Waals surface area contributed by atoms with Crippen molar-refractivity contribution in [2.24, 2.45) is 0 Å². The van der Waals surface area contributed by atoms with Crippen LogP contribution >= 0.6 is 11.8 Å². The molecule has 0 aromatic heterocycles. The van der Waals surface area contributed by atoms with Crippen LogP contribution in [-0.4, -0.2) is 6.71 Å². The second kappa shape index (κ2) is 16.8. The maximum Gasteiger partial charge on any atom is 0.249 e. The van der Waals surface area contributed by atoms with Gasteiger partial charge in [-0.15, -0.1) is 0 Å². The smallest absolute Gasteiger partial charge is 0.249 e. The summed E-state index contributed by atoms with van der Waals surface area (Å²) in [5.74, 6) is 0.549. The van der Waals surface area contributed by atoms with Gasteiger partial charge in [0.05, 0.1) is 5.69 Å². The van der Waals surface area contributed by atoms with Crippen molar-refractivity contribution in [3.63, 3.8) is 0 Å². The molecular formula is C68H68BNS. The van der Waals surface area contributed by atoms with Crippen LogP contribution in [0.5, 0.6) is 0 Å². The summed E-state index contributed by atoms with van der Waals surface area (Å²) in [5, 5.41) is 0. The van der Waals surface area contributed by atoms with E-state index in [2.05, 4.69) is 238 Å². The quantitative estimate of drug-likeness (QED) is 0.162. The average molecular weight is 942 g/mol. The molecule has 8 bridgehead atoms. The Morgan fingerprint density at radius 1 is 0.465 bits per heavy atom. The van der Waals surface area contributed by atoms with Crippen LogP contribution in [-0.2, 0) is 21.7 Å². The molecular weight excluding hydrogens is 874 g/mol. The van der Waals surface area contributed by atoms with Crippen molar-refractivity contribution < 1.29 is 0 Å². The van der Waals surface area contributed by atoms with Crippen LogP contribution in [0.1, 0.15) is 135 Å². The lowest BCUT2D eigenvalue weighted by Gasteiger charge is -2.44. The molecule has 0 saturated heterocycles. The Hall–Kier alpha value is -6.03. The standard InChI is InChI=1S/C68H68BNS/c1-65(2,3)51-33-48-35-53(41-51)67(7,8)68(9,10)54-36-49(34-52(42-54)66(4,5)6)47-30-32-61-58(38-47)69-57-37-46(48)29-31-59(57)70(60-39-50(40-62(71-61)63(60)69)43-21-14-11-15-22-43)64-55(44-23-16-12-17-24-44)27-20-28-56(64)45-25-18-13-19-26-45/h12-13,16-20,23-43H,11,14-15,21-22H2,1-10H3. The minimum absolute atomic E-state index is 0.0282. The number of para-hydroxylation sites is 1. The first-order valence-corrected chi connectivity index (χ1v) is 27.3. The van der Waals surface area contributed by atoms with Crippen molar-refractivity contribution in [2.45, 2.75) is 139 Å². The van der Waals surface area contributed by atoms with Crippen LogP contribution in [0.15, 0.2) is 174 Å². The normalized spacial score (nSPS) is 16.6. The zero-order valence-corrected chi connectivity index (χ0v) is 44.5. The zero-order chi connectivity index (χ0) is 49.2. The molecule has 8 aromatic carbocycles. The number of anilines is 3. The number of benzene rings is 8. The van der Waals surface area contributed by atoms with Crippen molar-refractivity contribution in [3.05, 3.63) is 192 Å². The van der Waals surface area contributed by atoms with Gasteiger partial charge in [0, 0.05) is 32.3 Å². The fourth-order valence-corrected chi connectivity index (χ4v) is 13.6. The van der Waals surface area contributed by atoms with E-state index in [1.165, 1.54) is 148 Å². The van der Waals surface area contributed by atoms with Crippen LogP contribution in [0.25, 0.3) is 44.5 Å². The SMILES string of the molecule is CC(C)(C)c1cc2cc(c1)C(C)(C)C(C)(C)c1cc(cc(C(C)(C)C)c1)-c1ccc3c(c1)B1c4cc-2ccc4Sc2cc(C4CCCCC4)cc(c21)N3c1c(-c2ccccc2)cccc1-c1ccccc1. The minimum Gasteiger partial charge on any atom is -0.310 e. The van der Waals surface area contributed by atoms with E-state index in [-0.39, 0.29) is 28.4 Å². The Kier molecular flexibility index (Phi) is 10.9. The molecule has 3 aliphatic heterocycles. The fourth-order valence-electron chi connectivity index (χ4n) is 12.4. The Bertz CT molecular complexity index is 3340. The lowest BCUT2D eigenvalue weighted by Crippen LogP contribution is -2.60. The Balaban J connectivity index is 1.22. The van der Waals surface area contributed by atoms with E-state index >= 15 is 0 Å². The van der Waals surface area contributed by atoms with Gasteiger partial charge in [-0.05, 0) is 137 Å². The molecule has 0 amide bonds. The van der Waals surface area contributed by atoms with Crippen LogP contribution < -0.4 is 21.3 Å². The molecule has 3 heteroatoms. The van der Waals surface area contributed by atoms with E-state index in [4.69, 9.17) is 0 Å². The van der Waals surface area contributed by atoms with E-state index in [0.717, 1.165) is 0 Å². The molecule has 1 aliphatic carbocycles. The van der Waals surface area contributed by atoms with Gasteiger partial charge in [-0.25, -0.2) is 0 Å². The molecule has 1 fully saturated rings. The molecule has 12 rings (SSSR count). The highest BCUT2D eigenvalue weighted by Gasteiger charge is 2.45. The van der Waals surface area contributed by atoms with Crippen LogP contribution in [0, 0.1) is 0 Å². The predicted octanol–water partition coefficient (Wildman–Crippen LogP) is 17.3. The summed E-state index contributed by atoms with van der Waals surface area (Å²) in [7, 11) is 0. The van der Waals surface area contributed by atoms with Crippen molar-refractivity contribution in [1.29, 1.82) is 0 Å². The fraction of sp³-hybridized carbons (Fsp3) is 0.294. The molecule has 0 spiro atoms. The Labute approximate surface area is 429 Å². The predicted molar refractivity (Wildman–Crippen MR) is 307 cm³/mol. The molecule has 71 heavy (non-hydrogen) atoms. The third-order valence-electron chi connectivity index (χ3n) is 17.6. The average Bonchev–Trinajstić information content (AvgIpc) is 3.37. The van der Waals surface area contributed by atoms with Gasteiger partial charge >= 0.3 is 0 Å². The van der Waals surface area contributed by atoms with Gasteiger partial charge in [-0.1, -0.05) is 245 Å². The third-order valence-corrected chi connectivity index (χ3v) is 18.7. The summed E-state index contributed by atoms with van der Waals surface area (Å²) in [5.41, 5.74) is 24.6. The maximum absolute atomic E-state index is 2.72. The molecule has 3 heterocycles. The second-order valence-electron chi connectivity index (χ2n) is 24.5. The first-order valence-electron chi connectivity index (χ1n) is 26.5. The lowest BCUT2D eigenvalue weighted by atomic mass is 9.34. The number of nitrogens with zero attached hydrogens (tertiary/aromatic N) is 1. The van der Waals surface area contributed by atoms with Gasteiger partial charge in [0.1, 0.15) is 0 Å².